The molecule has 3 aromatic rings. The molecule has 0 saturated heterocycles. The van der Waals surface area contributed by atoms with E-state index in [9.17, 15) is 9.59 Å². The van der Waals surface area contributed by atoms with Gasteiger partial charge in [0.1, 0.15) is 11.8 Å². The standard InChI is InChI=1S/C32H38N2O3S/c1-24-16-18-29(19-17-24)38-23-31(35)34(22-26-12-9-15-28(20-26)37-2)30(21-25-10-5-3-6-11-25)32(36)33-27-13-7-4-8-14-27/h3,5-6,9-12,15-20,27,30H,4,7-8,13-14,21-23H2,1-2H3,(H,33,36)/t30-/m1/s1. The Morgan fingerprint density at radius 3 is 2.37 bits per heavy atom. The largest absolute Gasteiger partial charge is 0.497 e. The van der Waals surface area contributed by atoms with Gasteiger partial charge in [-0.3, -0.25) is 9.59 Å². The van der Waals surface area contributed by atoms with Gasteiger partial charge in [-0.25, -0.2) is 0 Å². The molecule has 1 fully saturated rings. The molecular formula is C32H38N2O3S. The molecule has 0 unspecified atom stereocenters. The number of hydrogen-bond donors (Lipinski definition) is 1. The number of hydrogen-bond acceptors (Lipinski definition) is 4. The Balaban J connectivity index is 1.61. The third-order valence-electron chi connectivity index (χ3n) is 7.09. The van der Waals surface area contributed by atoms with E-state index in [2.05, 4.69) is 24.4 Å². The molecule has 0 aromatic heterocycles. The first-order valence-electron chi connectivity index (χ1n) is 13.5. The summed E-state index contributed by atoms with van der Waals surface area (Å²) in [6, 6.07) is 25.4. The number of carbonyl (C=O) groups is 2. The van der Waals surface area contributed by atoms with E-state index in [0.29, 0.717) is 13.0 Å². The minimum atomic E-state index is -0.614. The molecule has 4 rings (SSSR count). The summed E-state index contributed by atoms with van der Waals surface area (Å²) in [5, 5.41) is 3.30. The number of aryl methyl sites for hydroxylation is 1. The van der Waals surface area contributed by atoms with E-state index in [1.165, 1.54) is 23.7 Å². The third-order valence-corrected chi connectivity index (χ3v) is 8.09. The van der Waals surface area contributed by atoms with Crippen molar-refractivity contribution in [1.82, 2.24) is 10.2 Å². The second-order valence-corrected chi connectivity index (χ2v) is 11.1. The topological polar surface area (TPSA) is 58.6 Å². The van der Waals surface area contributed by atoms with E-state index >= 15 is 0 Å². The first-order chi connectivity index (χ1) is 18.5. The summed E-state index contributed by atoms with van der Waals surface area (Å²) in [5.41, 5.74) is 3.15. The Labute approximate surface area is 231 Å². The van der Waals surface area contributed by atoms with Gasteiger partial charge in [-0.05, 0) is 55.2 Å². The van der Waals surface area contributed by atoms with Crippen LogP contribution in [0.3, 0.4) is 0 Å². The minimum absolute atomic E-state index is 0.0573. The van der Waals surface area contributed by atoms with E-state index in [4.69, 9.17) is 4.74 Å². The van der Waals surface area contributed by atoms with Gasteiger partial charge in [0.15, 0.2) is 0 Å². The summed E-state index contributed by atoms with van der Waals surface area (Å²) in [7, 11) is 1.63. The van der Waals surface area contributed by atoms with Crippen LogP contribution >= 0.6 is 11.8 Å². The Hall–Kier alpha value is -3.25. The highest BCUT2D eigenvalue weighted by molar-refractivity contribution is 8.00. The fourth-order valence-corrected chi connectivity index (χ4v) is 5.71. The molecule has 1 aliphatic carbocycles. The van der Waals surface area contributed by atoms with E-state index in [1.807, 2.05) is 66.7 Å². The van der Waals surface area contributed by atoms with Crippen LogP contribution in [0.15, 0.2) is 83.8 Å². The number of thioether (sulfide) groups is 1. The molecule has 1 atom stereocenters. The van der Waals surface area contributed by atoms with Gasteiger partial charge < -0.3 is 15.0 Å². The highest BCUT2D eigenvalue weighted by Crippen LogP contribution is 2.24. The SMILES string of the molecule is COc1cccc(CN(C(=O)CSc2ccc(C)cc2)[C@H](Cc2ccccc2)C(=O)NC2CCCCC2)c1. The number of carbonyl (C=O) groups excluding carboxylic acids is 2. The van der Waals surface area contributed by atoms with Crippen molar-refractivity contribution in [3.63, 3.8) is 0 Å². The average Bonchev–Trinajstić information content (AvgIpc) is 2.95. The predicted molar refractivity (Wildman–Crippen MR) is 154 cm³/mol. The lowest BCUT2D eigenvalue weighted by molar-refractivity contribution is -0.139. The van der Waals surface area contributed by atoms with Gasteiger partial charge in [0.05, 0.1) is 12.9 Å². The summed E-state index contributed by atoms with van der Waals surface area (Å²) < 4.78 is 5.43. The molecule has 200 valence electrons. The van der Waals surface area contributed by atoms with Crippen molar-refractivity contribution in [1.29, 1.82) is 0 Å². The highest BCUT2D eigenvalue weighted by atomic mass is 32.2. The summed E-state index contributed by atoms with van der Waals surface area (Å²) >= 11 is 1.51. The molecule has 3 aromatic carbocycles. The number of ether oxygens (including phenoxy) is 1. The molecular weight excluding hydrogens is 492 g/mol. The zero-order valence-electron chi connectivity index (χ0n) is 22.4. The fourth-order valence-electron chi connectivity index (χ4n) is 4.93. The number of nitrogens with zero attached hydrogens (tertiary/aromatic N) is 1. The number of benzene rings is 3. The van der Waals surface area contributed by atoms with Gasteiger partial charge in [0.25, 0.3) is 0 Å². The van der Waals surface area contributed by atoms with Crippen molar-refractivity contribution in [3.05, 3.63) is 95.6 Å². The van der Waals surface area contributed by atoms with E-state index in [0.717, 1.165) is 47.5 Å². The first kappa shape index (κ1) is 27.8. The molecule has 1 N–H and O–H groups in total. The lowest BCUT2D eigenvalue weighted by Crippen LogP contribution is -2.53. The molecule has 2 amide bonds. The smallest absolute Gasteiger partial charge is 0.243 e. The van der Waals surface area contributed by atoms with Crippen LogP contribution in [0.1, 0.15) is 48.8 Å². The van der Waals surface area contributed by atoms with Crippen LogP contribution in [0.4, 0.5) is 0 Å². The zero-order valence-corrected chi connectivity index (χ0v) is 23.2. The van der Waals surface area contributed by atoms with Crippen LogP contribution in [0.2, 0.25) is 0 Å². The van der Waals surface area contributed by atoms with Gasteiger partial charge >= 0.3 is 0 Å². The second kappa shape index (κ2) is 14.1. The van der Waals surface area contributed by atoms with Crippen LogP contribution < -0.4 is 10.1 Å². The fraction of sp³-hybridized carbons (Fsp3) is 0.375. The molecule has 0 radical (unpaired) electrons. The van der Waals surface area contributed by atoms with Crippen LogP contribution in [0.5, 0.6) is 5.75 Å². The van der Waals surface area contributed by atoms with Crippen molar-refractivity contribution in [3.8, 4) is 5.75 Å². The van der Waals surface area contributed by atoms with E-state index in [-0.39, 0.29) is 23.6 Å². The normalized spacial score (nSPS) is 14.5. The van der Waals surface area contributed by atoms with Crippen molar-refractivity contribution in [2.75, 3.05) is 12.9 Å². The monoisotopic (exact) mass is 530 g/mol. The van der Waals surface area contributed by atoms with Crippen molar-refractivity contribution < 1.29 is 14.3 Å². The van der Waals surface area contributed by atoms with E-state index in [1.54, 1.807) is 12.0 Å². The second-order valence-electron chi connectivity index (χ2n) is 10.0. The highest BCUT2D eigenvalue weighted by Gasteiger charge is 2.32. The van der Waals surface area contributed by atoms with E-state index < -0.39 is 6.04 Å². The molecule has 0 bridgehead atoms. The van der Waals surface area contributed by atoms with Gasteiger partial charge in [-0.1, -0.05) is 79.4 Å². The molecule has 0 spiro atoms. The lowest BCUT2D eigenvalue weighted by Gasteiger charge is -2.33. The number of amides is 2. The Kier molecular flexibility index (Phi) is 10.3. The number of rotatable bonds is 11. The molecule has 0 heterocycles. The Morgan fingerprint density at radius 1 is 0.947 bits per heavy atom. The summed E-state index contributed by atoms with van der Waals surface area (Å²) in [6.45, 7) is 2.38. The Morgan fingerprint density at radius 2 is 1.66 bits per heavy atom. The number of methoxy groups -OCH3 is 1. The summed E-state index contributed by atoms with van der Waals surface area (Å²) in [5.74, 6) is 0.861. The van der Waals surface area contributed by atoms with Crippen LogP contribution in [0.25, 0.3) is 0 Å². The Bertz CT molecular complexity index is 1180. The first-order valence-corrected chi connectivity index (χ1v) is 14.5. The molecule has 1 saturated carbocycles. The maximum atomic E-state index is 13.9. The van der Waals surface area contributed by atoms with Crippen LogP contribution in [-0.2, 0) is 22.6 Å². The van der Waals surface area contributed by atoms with Gasteiger partial charge in [0, 0.05) is 23.9 Å². The van der Waals surface area contributed by atoms with Crippen LogP contribution in [-0.4, -0.2) is 41.7 Å². The predicted octanol–water partition coefficient (Wildman–Crippen LogP) is 6.18. The van der Waals surface area contributed by atoms with Gasteiger partial charge in [-0.2, -0.15) is 0 Å². The van der Waals surface area contributed by atoms with Crippen LogP contribution in [0, 0.1) is 6.92 Å². The maximum absolute atomic E-state index is 13.9. The minimum Gasteiger partial charge on any atom is -0.497 e. The average molecular weight is 531 g/mol. The maximum Gasteiger partial charge on any atom is 0.243 e. The molecule has 38 heavy (non-hydrogen) atoms. The van der Waals surface area contributed by atoms with Crippen molar-refractivity contribution in [2.24, 2.45) is 0 Å². The quantitative estimate of drug-likeness (QED) is 0.301. The molecule has 5 nitrogen and oxygen atoms in total. The number of nitrogens with one attached hydrogen (secondary N) is 1. The van der Waals surface area contributed by atoms with Crippen molar-refractivity contribution >= 4 is 23.6 Å². The lowest BCUT2D eigenvalue weighted by atomic mass is 9.94. The third kappa shape index (κ3) is 8.12. The zero-order chi connectivity index (χ0) is 26.7. The van der Waals surface area contributed by atoms with Crippen molar-refractivity contribution in [2.45, 2.75) is 69.0 Å². The molecule has 0 aliphatic heterocycles. The molecule has 1 aliphatic rings. The summed E-state index contributed by atoms with van der Waals surface area (Å²) in [6.07, 6.45) is 5.94. The van der Waals surface area contributed by atoms with Gasteiger partial charge in [-0.15, -0.1) is 11.8 Å². The summed E-state index contributed by atoms with van der Waals surface area (Å²) in [4.78, 5) is 30.5. The molecule has 6 heteroatoms. The van der Waals surface area contributed by atoms with Gasteiger partial charge in [0.2, 0.25) is 11.8 Å².